The first-order valence-electron chi connectivity index (χ1n) is 9.66. The first kappa shape index (κ1) is 25.0. The molecule has 1 atom stereocenters. The number of aliphatic imine (C=N–C) groups is 1. The third kappa shape index (κ3) is 6.61. The van der Waals surface area contributed by atoms with E-state index in [-0.39, 0.29) is 41.5 Å². The second-order valence-corrected chi connectivity index (χ2v) is 7.31. The van der Waals surface area contributed by atoms with Crippen LogP contribution in [0.4, 0.5) is 13.2 Å². The minimum absolute atomic E-state index is 0. The van der Waals surface area contributed by atoms with Gasteiger partial charge in [-0.3, -0.25) is 4.90 Å². The highest BCUT2D eigenvalue weighted by Crippen LogP contribution is 2.33. The topological polar surface area (TPSA) is 53.0 Å². The average molecular weight is 560 g/mol. The van der Waals surface area contributed by atoms with Crippen molar-refractivity contribution in [2.75, 3.05) is 45.9 Å². The Morgan fingerprint density at radius 2 is 2.10 bits per heavy atom. The van der Waals surface area contributed by atoms with E-state index in [2.05, 4.69) is 37.2 Å². The molecule has 11 heteroatoms. The molecule has 1 saturated heterocycles. The van der Waals surface area contributed by atoms with Gasteiger partial charge in [0.05, 0.1) is 12.1 Å². The lowest BCUT2D eigenvalue weighted by Crippen LogP contribution is -2.43. The Bertz CT molecular complexity index is 754. The van der Waals surface area contributed by atoms with Gasteiger partial charge < -0.3 is 15.0 Å². The van der Waals surface area contributed by atoms with Crippen molar-refractivity contribution in [1.82, 2.24) is 20.1 Å². The Balaban J connectivity index is 0.00000320. The largest absolute Gasteiger partial charge is 0.475 e. The lowest BCUT2D eigenvalue weighted by atomic mass is 10.2. The normalized spacial score (nSPS) is 19.8. The maximum absolute atomic E-state index is 12.7. The van der Waals surface area contributed by atoms with Crippen LogP contribution in [0.1, 0.15) is 18.9 Å². The van der Waals surface area contributed by atoms with Crippen LogP contribution in [0.15, 0.2) is 29.4 Å². The van der Waals surface area contributed by atoms with Gasteiger partial charge in [-0.05, 0) is 19.4 Å². The minimum Gasteiger partial charge on any atom is -0.475 e. The predicted octanol–water partition coefficient (Wildman–Crippen LogP) is 3.66. The number of nitrogens with one attached hydrogen (secondary N) is 1. The maximum Gasteiger partial charge on any atom is 0.417 e. The molecule has 0 aliphatic carbocycles. The SMILES string of the molecule is CCNC(=NCCOc1ncc(C(F)(F)F)cc1Cl)N1CCC(N2CC=CC2)C1.I. The van der Waals surface area contributed by atoms with Crippen molar-refractivity contribution >= 4 is 41.5 Å². The van der Waals surface area contributed by atoms with E-state index in [0.717, 1.165) is 51.2 Å². The van der Waals surface area contributed by atoms with Crippen molar-refractivity contribution in [1.29, 1.82) is 0 Å². The molecule has 3 rings (SSSR count). The van der Waals surface area contributed by atoms with Crippen molar-refractivity contribution in [3.8, 4) is 5.88 Å². The number of rotatable bonds is 6. The molecular weight excluding hydrogens is 534 g/mol. The summed E-state index contributed by atoms with van der Waals surface area (Å²) in [5.74, 6) is 0.792. The zero-order valence-electron chi connectivity index (χ0n) is 16.7. The van der Waals surface area contributed by atoms with Gasteiger partial charge in [0, 0.05) is 45.0 Å². The van der Waals surface area contributed by atoms with Crippen LogP contribution in [0, 0.1) is 0 Å². The van der Waals surface area contributed by atoms with Gasteiger partial charge in [0.1, 0.15) is 11.6 Å². The summed E-state index contributed by atoms with van der Waals surface area (Å²) < 4.78 is 43.4. The fourth-order valence-electron chi connectivity index (χ4n) is 3.43. The molecule has 2 aliphatic rings. The van der Waals surface area contributed by atoms with E-state index < -0.39 is 11.7 Å². The summed E-state index contributed by atoms with van der Waals surface area (Å²) >= 11 is 5.85. The average Bonchev–Trinajstić information content (AvgIpc) is 3.35. The highest BCUT2D eigenvalue weighted by atomic mass is 127. The summed E-state index contributed by atoms with van der Waals surface area (Å²) in [5, 5.41) is 3.12. The van der Waals surface area contributed by atoms with E-state index in [9.17, 15) is 13.2 Å². The summed E-state index contributed by atoms with van der Waals surface area (Å²) in [4.78, 5) is 12.9. The molecule has 2 aliphatic heterocycles. The summed E-state index contributed by atoms with van der Waals surface area (Å²) in [6, 6.07) is 1.33. The van der Waals surface area contributed by atoms with E-state index in [4.69, 9.17) is 16.3 Å². The lowest BCUT2D eigenvalue weighted by molar-refractivity contribution is -0.137. The van der Waals surface area contributed by atoms with Gasteiger partial charge in [-0.1, -0.05) is 23.8 Å². The molecule has 1 fully saturated rings. The molecule has 1 aromatic heterocycles. The quantitative estimate of drug-likeness (QED) is 0.190. The van der Waals surface area contributed by atoms with Gasteiger partial charge in [-0.2, -0.15) is 13.2 Å². The monoisotopic (exact) mass is 559 g/mol. The molecular formula is C19H26ClF3IN5O. The summed E-state index contributed by atoms with van der Waals surface area (Å²) in [6.07, 6.45) is 1.71. The molecule has 0 radical (unpaired) electrons. The highest BCUT2D eigenvalue weighted by Gasteiger charge is 2.32. The fourth-order valence-corrected chi connectivity index (χ4v) is 3.65. The van der Waals surface area contributed by atoms with Crippen molar-refractivity contribution in [2.45, 2.75) is 25.6 Å². The Morgan fingerprint density at radius 1 is 1.37 bits per heavy atom. The summed E-state index contributed by atoms with van der Waals surface area (Å²) in [5.41, 5.74) is -0.904. The van der Waals surface area contributed by atoms with Crippen molar-refractivity contribution in [3.63, 3.8) is 0 Å². The molecule has 0 spiro atoms. The summed E-state index contributed by atoms with van der Waals surface area (Å²) in [6.45, 7) is 7.12. The predicted molar refractivity (Wildman–Crippen MR) is 122 cm³/mol. The molecule has 0 aromatic carbocycles. The van der Waals surface area contributed by atoms with Gasteiger partial charge in [0.25, 0.3) is 0 Å². The first-order chi connectivity index (χ1) is 13.9. The Hall–Kier alpha value is -1.27. The standard InChI is InChI=1S/C19H25ClF3N5O.HI/c1-2-24-18(28-9-5-15(13-28)27-7-3-4-8-27)25-6-10-29-17-16(20)11-14(12-26-17)19(21,22)23;/h3-4,11-12,15H,2,5-10,13H2,1H3,(H,24,25);1H. The van der Waals surface area contributed by atoms with E-state index >= 15 is 0 Å². The van der Waals surface area contributed by atoms with Crippen LogP contribution in [-0.2, 0) is 6.18 Å². The number of pyridine rings is 1. The number of ether oxygens (including phenoxy) is 1. The third-order valence-electron chi connectivity index (χ3n) is 4.89. The van der Waals surface area contributed by atoms with Gasteiger partial charge in [-0.15, -0.1) is 24.0 Å². The van der Waals surface area contributed by atoms with Gasteiger partial charge >= 0.3 is 6.18 Å². The van der Waals surface area contributed by atoms with Crippen LogP contribution in [-0.4, -0.2) is 72.7 Å². The molecule has 3 heterocycles. The van der Waals surface area contributed by atoms with E-state index in [1.165, 1.54) is 0 Å². The molecule has 1 aromatic rings. The van der Waals surface area contributed by atoms with Crippen LogP contribution in [0.2, 0.25) is 5.02 Å². The van der Waals surface area contributed by atoms with Gasteiger partial charge in [0.15, 0.2) is 5.96 Å². The van der Waals surface area contributed by atoms with Crippen LogP contribution < -0.4 is 10.1 Å². The molecule has 168 valence electrons. The molecule has 0 amide bonds. The number of nitrogens with zero attached hydrogens (tertiary/aromatic N) is 4. The highest BCUT2D eigenvalue weighted by molar-refractivity contribution is 14.0. The number of likely N-dealkylation sites (tertiary alicyclic amines) is 1. The van der Waals surface area contributed by atoms with Gasteiger partial charge in [-0.25, -0.2) is 9.98 Å². The maximum atomic E-state index is 12.7. The Kier molecular flexibility index (Phi) is 9.48. The van der Waals surface area contributed by atoms with Crippen LogP contribution in [0.3, 0.4) is 0 Å². The lowest BCUT2D eigenvalue weighted by Gasteiger charge is -2.25. The number of hydrogen-bond donors (Lipinski definition) is 1. The number of halogens is 5. The second kappa shape index (κ2) is 11.4. The zero-order chi connectivity index (χ0) is 20.9. The zero-order valence-corrected chi connectivity index (χ0v) is 19.7. The third-order valence-corrected chi connectivity index (χ3v) is 5.16. The smallest absolute Gasteiger partial charge is 0.417 e. The number of guanidine groups is 1. The van der Waals surface area contributed by atoms with E-state index in [1.54, 1.807) is 0 Å². The molecule has 1 N–H and O–H groups in total. The van der Waals surface area contributed by atoms with Gasteiger partial charge in [0.2, 0.25) is 5.88 Å². The van der Waals surface area contributed by atoms with Crippen LogP contribution >= 0.6 is 35.6 Å². The van der Waals surface area contributed by atoms with Crippen LogP contribution in [0.25, 0.3) is 0 Å². The second-order valence-electron chi connectivity index (χ2n) is 6.91. The Morgan fingerprint density at radius 3 is 2.73 bits per heavy atom. The summed E-state index contributed by atoms with van der Waals surface area (Å²) in [7, 11) is 0. The fraction of sp³-hybridized carbons (Fsp3) is 0.579. The van der Waals surface area contributed by atoms with E-state index in [0.29, 0.717) is 18.8 Å². The van der Waals surface area contributed by atoms with Crippen molar-refractivity contribution in [2.24, 2.45) is 4.99 Å². The number of alkyl halides is 3. The molecule has 6 nitrogen and oxygen atoms in total. The molecule has 1 unspecified atom stereocenters. The number of hydrogen-bond acceptors (Lipinski definition) is 4. The molecule has 30 heavy (non-hydrogen) atoms. The van der Waals surface area contributed by atoms with Crippen molar-refractivity contribution < 1.29 is 17.9 Å². The molecule has 0 bridgehead atoms. The van der Waals surface area contributed by atoms with Crippen LogP contribution in [0.5, 0.6) is 5.88 Å². The Labute approximate surface area is 196 Å². The number of aromatic nitrogens is 1. The van der Waals surface area contributed by atoms with E-state index in [1.807, 2.05) is 6.92 Å². The molecule has 0 saturated carbocycles. The van der Waals surface area contributed by atoms with Crippen molar-refractivity contribution in [3.05, 3.63) is 35.0 Å². The minimum atomic E-state index is -4.49. The first-order valence-corrected chi connectivity index (χ1v) is 10.0.